The Morgan fingerprint density at radius 1 is 1.09 bits per heavy atom. The van der Waals surface area contributed by atoms with Crippen LogP contribution < -0.4 is 10.3 Å². The summed E-state index contributed by atoms with van der Waals surface area (Å²) >= 11 is 0. The van der Waals surface area contributed by atoms with Crippen LogP contribution in [0.25, 0.3) is 33.2 Å². The molecule has 2 heterocycles. The van der Waals surface area contributed by atoms with Gasteiger partial charge in [0.2, 0.25) is 0 Å². The third kappa shape index (κ3) is 2.03. The van der Waals surface area contributed by atoms with Gasteiger partial charge in [-0.2, -0.15) is 0 Å². The van der Waals surface area contributed by atoms with Crippen LogP contribution in [-0.2, 0) is 0 Å². The average Bonchev–Trinajstić information content (AvgIpc) is 2.94. The molecule has 0 aliphatic rings. The summed E-state index contributed by atoms with van der Waals surface area (Å²) in [6, 6.07) is 15.3. The standard InChI is InChI=1S/C19H15NO3/c1-11-16(12-6-5-7-13(10-12)22-2)18-17(20-19(11)21)14-8-3-4-9-15(14)23-18/h3-10H,1-2H3,(H,20,21). The fourth-order valence-electron chi connectivity index (χ4n) is 2.96. The number of aromatic amines is 1. The van der Waals surface area contributed by atoms with E-state index in [9.17, 15) is 4.79 Å². The van der Waals surface area contributed by atoms with E-state index >= 15 is 0 Å². The van der Waals surface area contributed by atoms with Crippen molar-refractivity contribution in [2.45, 2.75) is 6.92 Å². The molecule has 0 aliphatic heterocycles. The number of H-pyrrole nitrogens is 1. The first-order chi connectivity index (χ1) is 11.2. The monoisotopic (exact) mass is 305 g/mol. The molecule has 0 radical (unpaired) electrons. The van der Waals surface area contributed by atoms with Gasteiger partial charge in [0, 0.05) is 16.5 Å². The molecule has 0 bridgehead atoms. The van der Waals surface area contributed by atoms with Crippen LogP contribution in [0.1, 0.15) is 5.56 Å². The first-order valence-electron chi connectivity index (χ1n) is 7.37. The van der Waals surface area contributed by atoms with E-state index < -0.39 is 0 Å². The van der Waals surface area contributed by atoms with Gasteiger partial charge < -0.3 is 14.1 Å². The van der Waals surface area contributed by atoms with Gasteiger partial charge in [0.15, 0.2) is 5.58 Å². The van der Waals surface area contributed by atoms with Crippen LogP contribution in [0.3, 0.4) is 0 Å². The summed E-state index contributed by atoms with van der Waals surface area (Å²) in [5.41, 5.74) is 4.40. The third-order valence-electron chi connectivity index (χ3n) is 4.14. The second-order valence-corrected chi connectivity index (χ2v) is 5.49. The van der Waals surface area contributed by atoms with Crippen LogP contribution in [0.4, 0.5) is 0 Å². The molecule has 0 saturated heterocycles. The van der Waals surface area contributed by atoms with Crippen molar-refractivity contribution in [1.29, 1.82) is 0 Å². The molecule has 2 aromatic carbocycles. The van der Waals surface area contributed by atoms with Gasteiger partial charge in [-0.15, -0.1) is 0 Å². The molecule has 0 fully saturated rings. The Hall–Kier alpha value is -3.01. The zero-order chi connectivity index (χ0) is 16.0. The van der Waals surface area contributed by atoms with Gasteiger partial charge in [-0.1, -0.05) is 24.3 Å². The molecule has 0 saturated carbocycles. The smallest absolute Gasteiger partial charge is 0.252 e. The van der Waals surface area contributed by atoms with E-state index in [-0.39, 0.29) is 5.56 Å². The number of para-hydroxylation sites is 1. The van der Waals surface area contributed by atoms with Gasteiger partial charge in [0.05, 0.1) is 12.6 Å². The zero-order valence-corrected chi connectivity index (χ0v) is 12.8. The number of benzene rings is 2. The van der Waals surface area contributed by atoms with Gasteiger partial charge in [-0.05, 0) is 36.8 Å². The van der Waals surface area contributed by atoms with E-state index in [1.165, 1.54) is 0 Å². The maximum Gasteiger partial charge on any atom is 0.252 e. The second-order valence-electron chi connectivity index (χ2n) is 5.49. The van der Waals surface area contributed by atoms with Crippen molar-refractivity contribution >= 4 is 22.1 Å². The molecule has 4 aromatic rings. The molecule has 114 valence electrons. The molecule has 23 heavy (non-hydrogen) atoms. The normalized spacial score (nSPS) is 11.2. The minimum Gasteiger partial charge on any atom is -0.497 e. The minimum absolute atomic E-state index is 0.109. The molecular weight excluding hydrogens is 290 g/mol. The van der Waals surface area contributed by atoms with E-state index in [2.05, 4.69) is 4.98 Å². The maximum absolute atomic E-state index is 12.4. The summed E-state index contributed by atoms with van der Waals surface area (Å²) in [6.07, 6.45) is 0. The number of rotatable bonds is 2. The first-order valence-corrected chi connectivity index (χ1v) is 7.37. The lowest BCUT2D eigenvalue weighted by atomic mass is 10.0. The number of hydrogen-bond acceptors (Lipinski definition) is 3. The van der Waals surface area contributed by atoms with Crippen molar-refractivity contribution in [1.82, 2.24) is 4.98 Å². The summed E-state index contributed by atoms with van der Waals surface area (Å²) in [5.74, 6) is 0.742. The lowest BCUT2D eigenvalue weighted by molar-refractivity contribution is 0.415. The Balaban J connectivity index is 2.16. The Bertz CT molecular complexity index is 1090. The van der Waals surface area contributed by atoms with Crippen molar-refractivity contribution in [2.75, 3.05) is 7.11 Å². The van der Waals surface area contributed by atoms with Crippen LogP contribution in [0.2, 0.25) is 0 Å². The third-order valence-corrected chi connectivity index (χ3v) is 4.14. The number of ether oxygens (including phenoxy) is 1. The Morgan fingerprint density at radius 2 is 1.91 bits per heavy atom. The van der Waals surface area contributed by atoms with Crippen LogP contribution >= 0.6 is 0 Å². The summed E-state index contributed by atoms with van der Waals surface area (Å²) < 4.78 is 11.3. The van der Waals surface area contributed by atoms with Gasteiger partial charge in [0.25, 0.3) is 5.56 Å². The zero-order valence-electron chi connectivity index (χ0n) is 12.8. The van der Waals surface area contributed by atoms with Gasteiger partial charge in [0.1, 0.15) is 11.3 Å². The van der Waals surface area contributed by atoms with E-state index in [0.29, 0.717) is 11.1 Å². The topological polar surface area (TPSA) is 55.2 Å². The summed E-state index contributed by atoms with van der Waals surface area (Å²) in [6.45, 7) is 1.81. The molecule has 0 atom stereocenters. The number of hydrogen-bond donors (Lipinski definition) is 1. The van der Waals surface area contributed by atoms with Crippen molar-refractivity contribution < 1.29 is 9.15 Å². The largest absolute Gasteiger partial charge is 0.497 e. The van der Waals surface area contributed by atoms with E-state index in [0.717, 1.165) is 33.4 Å². The molecule has 4 nitrogen and oxygen atoms in total. The highest BCUT2D eigenvalue weighted by atomic mass is 16.5. The number of aromatic nitrogens is 1. The number of fused-ring (bicyclic) bond motifs is 3. The maximum atomic E-state index is 12.4. The number of pyridine rings is 1. The summed E-state index contributed by atoms with van der Waals surface area (Å²) in [7, 11) is 1.63. The Kier molecular flexibility index (Phi) is 2.98. The molecule has 0 spiro atoms. The van der Waals surface area contributed by atoms with E-state index in [1.807, 2.05) is 48.5 Å². The van der Waals surface area contributed by atoms with Crippen molar-refractivity contribution in [3.63, 3.8) is 0 Å². The van der Waals surface area contributed by atoms with Crippen LogP contribution in [-0.4, -0.2) is 12.1 Å². The molecule has 4 heteroatoms. The molecule has 0 unspecified atom stereocenters. The van der Waals surface area contributed by atoms with E-state index in [1.54, 1.807) is 14.0 Å². The highest BCUT2D eigenvalue weighted by Crippen LogP contribution is 2.36. The van der Waals surface area contributed by atoms with Crippen molar-refractivity contribution in [3.8, 4) is 16.9 Å². The molecular formula is C19H15NO3. The molecule has 0 aliphatic carbocycles. The Labute approximate surface area is 132 Å². The van der Waals surface area contributed by atoms with Gasteiger partial charge in [-0.3, -0.25) is 4.79 Å². The molecule has 0 amide bonds. The predicted molar refractivity (Wildman–Crippen MR) is 91.1 cm³/mol. The minimum atomic E-state index is -0.109. The van der Waals surface area contributed by atoms with E-state index in [4.69, 9.17) is 9.15 Å². The van der Waals surface area contributed by atoms with Gasteiger partial charge >= 0.3 is 0 Å². The fourth-order valence-corrected chi connectivity index (χ4v) is 2.96. The lowest BCUT2D eigenvalue weighted by Gasteiger charge is -2.08. The molecule has 2 aromatic heterocycles. The SMILES string of the molecule is COc1cccc(-c2c(C)c(=O)[nH]c3c2oc2ccccc23)c1. The highest BCUT2D eigenvalue weighted by molar-refractivity contribution is 6.07. The fraction of sp³-hybridized carbons (Fsp3) is 0.105. The second kappa shape index (κ2) is 5.02. The summed E-state index contributed by atoms with van der Waals surface area (Å²) in [4.78, 5) is 15.3. The number of furan rings is 1. The van der Waals surface area contributed by atoms with Crippen molar-refractivity contribution in [2.24, 2.45) is 0 Å². The average molecular weight is 305 g/mol. The van der Waals surface area contributed by atoms with Crippen LogP contribution in [0.15, 0.2) is 57.7 Å². The molecule has 1 N–H and O–H groups in total. The highest BCUT2D eigenvalue weighted by Gasteiger charge is 2.17. The van der Waals surface area contributed by atoms with Crippen molar-refractivity contribution in [3.05, 3.63) is 64.4 Å². The van der Waals surface area contributed by atoms with Gasteiger partial charge in [-0.25, -0.2) is 0 Å². The first kappa shape index (κ1) is 13.6. The quantitative estimate of drug-likeness (QED) is 0.602. The Morgan fingerprint density at radius 3 is 2.74 bits per heavy atom. The predicted octanol–water partition coefficient (Wildman–Crippen LogP) is 4.26. The lowest BCUT2D eigenvalue weighted by Crippen LogP contribution is -2.10. The number of methoxy groups -OCH3 is 1. The van der Waals surface area contributed by atoms with Crippen LogP contribution in [0, 0.1) is 6.92 Å². The summed E-state index contributed by atoms with van der Waals surface area (Å²) in [5, 5.41) is 0.906. The van der Waals surface area contributed by atoms with Crippen LogP contribution in [0.5, 0.6) is 5.75 Å². The number of nitrogens with one attached hydrogen (secondary N) is 1. The molecule has 4 rings (SSSR count).